The molecule has 0 fully saturated rings. The van der Waals surface area contributed by atoms with E-state index in [0.29, 0.717) is 10.4 Å². The molecule has 0 saturated carbocycles. The number of thiophene rings is 1. The lowest BCUT2D eigenvalue weighted by Gasteiger charge is -2.04. The number of anilines is 1. The molecule has 90 valence electrons. The number of rotatable bonds is 1. The van der Waals surface area contributed by atoms with Crippen LogP contribution in [0.5, 0.6) is 0 Å². The van der Waals surface area contributed by atoms with Crippen LogP contribution in [0.1, 0.15) is 4.88 Å². The van der Waals surface area contributed by atoms with E-state index in [9.17, 15) is 4.79 Å². The highest BCUT2D eigenvalue weighted by atomic mass is 32.1. The first-order valence-corrected chi connectivity index (χ1v) is 6.32. The standard InChI is InChI=1S/C13H11N3OS/c1-8-10-7-15-16(9-5-3-2-4-6-9)13(17)11(10)12(14)18-8/h2-7H,14H2,1H3. The minimum atomic E-state index is -0.166. The molecule has 0 radical (unpaired) electrons. The van der Waals surface area contributed by atoms with Crippen molar-refractivity contribution in [3.63, 3.8) is 0 Å². The summed E-state index contributed by atoms with van der Waals surface area (Å²) < 4.78 is 1.38. The van der Waals surface area contributed by atoms with Gasteiger partial charge in [-0.2, -0.15) is 9.78 Å². The molecule has 2 aromatic heterocycles. The number of nitrogen functional groups attached to an aromatic ring is 1. The van der Waals surface area contributed by atoms with Crippen molar-refractivity contribution in [1.29, 1.82) is 0 Å². The van der Waals surface area contributed by atoms with Crippen LogP contribution in [-0.2, 0) is 0 Å². The number of nitrogens with two attached hydrogens (primary N) is 1. The van der Waals surface area contributed by atoms with Crippen molar-refractivity contribution < 1.29 is 0 Å². The summed E-state index contributed by atoms with van der Waals surface area (Å²) in [6.45, 7) is 1.94. The molecule has 0 aliphatic heterocycles. The smallest absolute Gasteiger partial charge is 0.282 e. The number of fused-ring (bicyclic) bond motifs is 1. The van der Waals surface area contributed by atoms with E-state index in [0.717, 1.165) is 16.0 Å². The average molecular weight is 257 g/mol. The Kier molecular flexibility index (Phi) is 2.41. The summed E-state index contributed by atoms with van der Waals surface area (Å²) in [5.74, 6) is 0. The van der Waals surface area contributed by atoms with Crippen molar-refractivity contribution >= 4 is 27.1 Å². The van der Waals surface area contributed by atoms with Crippen LogP contribution in [0.4, 0.5) is 5.00 Å². The van der Waals surface area contributed by atoms with Crippen LogP contribution < -0.4 is 11.3 Å². The van der Waals surface area contributed by atoms with Crippen molar-refractivity contribution in [1.82, 2.24) is 9.78 Å². The van der Waals surface area contributed by atoms with Gasteiger partial charge in [0.2, 0.25) is 0 Å². The molecule has 0 unspecified atom stereocenters. The normalized spacial score (nSPS) is 10.9. The van der Waals surface area contributed by atoms with Gasteiger partial charge in [0, 0.05) is 10.3 Å². The topological polar surface area (TPSA) is 60.9 Å². The monoisotopic (exact) mass is 257 g/mol. The first-order chi connectivity index (χ1) is 8.68. The van der Waals surface area contributed by atoms with Crippen LogP contribution in [0.2, 0.25) is 0 Å². The van der Waals surface area contributed by atoms with E-state index < -0.39 is 0 Å². The van der Waals surface area contributed by atoms with Crippen LogP contribution in [0.3, 0.4) is 0 Å². The van der Waals surface area contributed by atoms with Gasteiger partial charge in [-0.15, -0.1) is 11.3 Å². The molecule has 18 heavy (non-hydrogen) atoms. The summed E-state index contributed by atoms with van der Waals surface area (Å²) in [6.07, 6.45) is 1.70. The van der Waals surface area contributed by atoms with E-state index in [2.05, 4.69) is 5.10 Å². The average Bonchev–Trinajstić information content (AvgIpc) is 2.67. The predicted molar refractivity (Wildman–Crippen MR) is 74.4 cm³/mol. The number of hydrogen-bond donors (Lipinski definition) is 1. The Morgan fingerprint density at radius 2 is 2.00 bits per heavy atom. The van der Waals surface area contributed by atoms with Gasteiger partial charge in [-0.25, -0.2) is 0 Å². The molecule has 2 heterocycles. The Balaban J connectivity index is 2.37. The molecule has 0 bridgehead atoms. The third kappa shape index (κ3) is 1.52. The maximum atomic E-state index is 12.4. The minimum absolute atomic E-state index is 0.166. The summed E-state index contributed by atoms with van der Waals surface area (Å²) >= 11 is 1.43. The van der Waals surface area contributed by atoms with Crippen LogP contribution in [0.15, 0.2) is 41.3 Å². The lowest BCUT2D eigenvalue weighted by atomic mass is 10.2. The fourth-order valence-corrected chi connectivity index (χ4v) is 2.88. The summed E-state index contributed by atoms with van der Waals surface area (Å²) in [6, 6.07) is 9.33. The summed E-state index contributed by atoms with van der Waals surface area (Å²) in [4.78, 5) is 13.4. The van der Waals surface area contributed by atoms with Gasteiger partial charge in [-0.1, -0.05) is 18.2 Å². The summed E-state index contributed by atoms with van der Waals surface area (Å²) in [5, 5.41) is 6.17. The fraction of sp³-hybridized carbons (Fsp3) is 0.0769. The minimum Gasteiger partial charge on any atom is -0.390 e. The van der Waals surface area contributed by atoms with Crippen LogP contribution >= 0.6 is 11.3 Å². The van der Waals surface area contributed by atoms with Crippen LogP contribution in [0.25, 0.3) is 16.5 Å². The molecule has 0 spiro atoms. The van der Waals surface area contributed by atoms with Gasteiger partial charge in [0.05, 0.1) is 22.3 Å². The highest BCUT2D eigenvalue weighted by Crippen LogP contribution is 2.29. The van der Waals surface area contributed by atoms with Crippen molar-refractivity contribution in [2.45, 2.75) is 6.92 Å². The molecule has 0 atom stereocenters. The number of para-hydroxylation sites is 1. The number of aryl methyl sites for hydroxylation is 1. The molecule has 1 aromatic carbocycles. The Morgan fingerprint density at radius 3 is 2.72 bits per heavy atom. The van der Waals surface area contributed by atoms with Crippen molar-refractivity contribution in [3.05, 3.63) is 51.8 Å². The third-order valence-corrected chi connectivity index (χ3v) is 3.82. The van der Waals surface area contributed by atoms with Crippen molar-refractivity contribution in [2.24, 2.45) is 0 Å². The van der Waals surface area contributed by atoms with Gasteiger partial charge in [-0.3, -0.25) is 4.79 Å². The highest BCUT2D eigenvalue weighted by Gasteiger charge is 2.13. The van der Waals surface area contributed by atoms with Crippen LogP contribution in [-0.4, -0.2) is 9.78 Å². The molecule has 0 saturated heterocycles. The van der Waals surface area contributed by atoms with E-state index in [1.54, 1.807) is 6.20 Å². The predicted octanol–water partition coefficient (Wildman–Crippen LogP) is 2.34. The second kappa shape index (κ2) is 3.96. The van der Waals surface area contributed by atoms with Crippen molar-refractivity contribution in [2.75, 3.05) is 5.73 Å². The molecular formula is C13H11N3OS. The zero-order chi connectivity index (χ0) is 12.7. The first kappa shape index (κ1) is 11.0. The molecule has 0 aliphatic carbocycles. The van der Waals surface area contributed by atoms with E-state index in [1.807, 2.05) is 37.3 Å². The lowest BCUT2D eigenvalue weighted by molar-refractivity contribution is 0.822. The third-order valence-electron chi connectivity index (χ3n) is 2.87. The van der Waals surface area contributed by atoms with Gasteiger partial charge in [-0.05, 0) is 19.1 Å². The van der Waals surface area contributed by atoms with Gasteiger partial charge >= 0.3 is 0 Å². The summed E-state index contributed by atoms with van der Waals surface area (Å²) in [7, 11) is 0. The van der Waals surface area contributed by atoms with E-state index in [1.165, 1.54) is 16.0 Å². The largest absolute Gasteiger partial charge is 0.390 e. The number of nitrogens with zero attached hydrogens (tertiary/aromatic N) is 2. The maximum absolute atomic E-state index is 12.4. The van der Waals surface area contributed by atoms with Gasteiger partial charge in [0.25, 0.3) is 5.56 Å². The van der Waals surface area contributed by atoms with Gasteiger partial charge in [0.15, 0.2) is 0 Å². The second-order valence-corrected chi connectivity index (χ2v) is 5.26. The first-order valence-electron chi connectivity index (χ1n) is 5.51. The molecule has 2 N–H and O–H groups in total. The molecule has 5 heteroatoms. The Bertz CT molecular complexity index is 774. The molecule has 3 rings (SSSR count). The molecule has 0 aliphatic rings. The Hall–Kier alpha value is -2.14. The summed E-state index contributed by atoms with van der Waals surface area (Å²) in [5.41, 5.74) is 6.48. The van der Waals surface area contributed by atoms with Gasteiger partial charge < -0.3 is 5.73 Å². The molecular weight excluding hydrogens is 246 g/mol. The molecule has 0 amide bonds. The maximum Gasteiger partial charge on any atom is 0.282 e. The lowest BCUT2D eigenvalue weighted by Crippen LogP contribution is -2.20. The number of benzene rings is 1. The van der Waals surface area contributed by atoms with Gasteiger partial charge in [0.1, 0.15) is 0 Å². The Labute approximate surface area is 107 Å². The number of hydrogen-bond acceptors (Lipinski definition) is 4. The molecule has 4 nitrogen and oxygen atoms in total. The van der Waals surface area contributed by atoms with Crippen molar-refractivity contribution in [3.8, 4) is 5.69 Å². The zero-order valence-corrected chi connectivity index (χ0v) is 10.6. The van der Waals surface area contributed by atoms with E-state index in [-0.39, 0.29) is 5.56 Å². The van der Waals surface area contributed by atoms with E-state index in [4.69, 9.17) is 5.73 Å². The highest BCUT2D eigenvalue weighted by molar-refractivity contribution is 7.17. The Morgan fingerprint density at radius 1 is 1.28 bits per heavy atom. The number of aromatic nitrogens is 2. The quantitative estimate of drug-likeness (QED) is 0.728. The zero-order valence-electron chi connectivity index (χ0n) is 9.75. The fourth-order valence-electron chi connectivity index (χ4n) is 1.98. The second-order valence-electron chi connectivity index (χ2n) is 4.01. The SMILES string of the molecule is Cc1sc(N)c2c(=O)n(-c3ccccc3)ncc12. The van der Waals surface area contributed by atoms with Crippen LogP contribution in [0, 0.1) is 6.92 Å². The molecule has 3 aromatic rings. The van der Waals surface area contributed by atoms with E-state index >= 15 is 0 Å².